The molecule has 0 fully saturated rings. The molecular weight excluding hydrogens is 488 g/mol. The van der Waals surface area contributed by atoms with Gasteiger partial charge in [-0.3, -0.25) is 9.59 Å². The number of nitrogens with one attached hydrogen (secondary N) is 2. The van der Waals surface area contributed by atoms with E-state index in [4.69, 9.17) is 14.2 Å². The molecule has 1 heterocycles. The SMILES string of the molecule is O=C(COc1ccccc1)Nc1ccc(SC(C(=O)Nc2ccc3c(c2)OCO3)c2ccccc2)cc1. The number of fused-ring (bicyclic) bond motifs is 1. The van der Waals surface area contributed by atoms with Gasteiger partial charge in [0.25, 0.3) is 5.91 Å². The molecule has 0 radical (unpaired) electrons. The van der Waals surface area contributed by atoms with Gasteiger partial charge in [-0.05, 0) is 54.1 Å². The molecule has 37 heavy (non-hydrogen) atoms. The lowest BCUT2D eigenvalue weighted by molar-refractivity contribution is -0.118. The maximum Gasteiger partial charge on any atom is 0.262 e. The largest absolute Gasteiger partial charge is 0.484 e. The fraction of sp³-hybridized carbons (Fsp3) is 0.103. The molecule has 1 aliphatic rings. The van der Waals surface area contributed by atoms with Crippen molar-refractivity contribution in [1.82, 2.24) is 0 Å². The average Bonchev–Trinajstić information content (AvgIpc) is 3.40. The maximum absolute atomic E-state index is 13.3. The number of anilines is 2. The zero-order chi connectivity index (χ0) is 25.5. The molecule has 1 unspecified atom stereocenters. The second-order valence-corrected chi connectivity index (χ2v) is 9.32. The number of thioether (sulfide) groups is 1. The lowest BCUT2D eigenvalue weighted by Crippen LogP contribution is -2.20. The predicted octanol–water partition coefficient (Wildman–Crippen LogP) is 5.90. The molecule has 0 saturated carbocycles. The summed E-state index contributed by atoms with van der Waals surface area (Å²) in [6, 6.07) is 31.5. The summed E-state index contributed by atoms with van der Waals surface area (Å²) in [6.07, 6.45) is 0. The Bertz CT molecular complexity index is 1360. The van der Waals surface area contributed by atoms with Gasteiger partial charge >= 0.3 is 0 Å². The molecule has 7 nitrogen and oxygen atoms in total. The van der Waals surface area contributed by atoms with Gasteiger partial charge in [-0.15, -0.1) is 11.8 Å². The van der Waals surface area contributed by atoms with Crippen molar-refractivity contribution in [2.24, 2.45) is 0 Å². The number of carbonyl (C=O) groups excluding carboxylic acids is 2. The zero-order valence-electron chi connectivity index (χ0n) is 19.8. The number of benzene rings is 4. The fourth-order valence-corrected chi connectivity index (χ4v) is 4.72. The Morgan fingerprint density at radius 1 is 0.784 bits per heavy atom. The molecule has 4 aromatic carbocycles. The molecule has 8 heteroatoms. The summed E-state index contributed by atoms with van der Waals surface area (Å²) in [6.45, 7) is 0.0857. The summed E-state index contributed by atoms with van der Waals surface area (Å²) in [4.78, 5) is 26.5. The Balaban J connectivity index is 1.23. The first-order valence-corrected chi connectivity index (χ1v) is 12.5. The topological polar surface area (TPSA) is 85.9 Å². The van der Waals surface area contributed by atoms with Crippen molar-refractivity contribution >= 4 is 35.0 Å². The van der Waals surface area contributed by atoms with Crippen LogP contribution in [-0.4, -0.2) is 25.2 Å². The van der Waals surface area contributed by atoms with Gasteiger partial charge in [-0.1, -0.05) is 48.5 Å². The molecule has 0 aromatic heterocycles. The van der Waals surface area contributed by atoms with Crippen molar-refractivity contribution in [2.45, 2.75) is 10.1 Å². The first-order valence-electron chi connectivity index (χ1n) is 11.6. The monoisotopic (exact) mass is 512 g/mol. The maximum atomic E-state index is 13.3. The molecule has 2 amide bonds. The molecule has 4 aromatic rings. The smallest absolute Gasteiger partial charge is 0.262 e. The van der Waals surface area contributed by atoms with Crippen LogP contribution < -0.4 is 24.8 Å². The van der Waals surface area contributed by atoms with Crippen molar-refractivity contribution in [3.63, 3.8) is 0 Å². The van der Waals surface area contributed by atoms with Crippen molar-refractivity contribution in [3.05, 3.63) is 109 Å². The number of rotatable bonds is 9. The van der Waals surface area contributed by atoms with Gasteiger partial charge < -0.3 is 24.8 Å². The highest BCUT2D eigenvalue weighted by molar-refractivity contribution is 8.00. The summed E-state index contributed by atoms with van der Waals surface area (Å²) in [5.74, 6) is 1.48. The van der Waals surface area contributed by atoms with E-state index in [-0.39, 0.29) is 25.2 Å². The van der Waals surface area contributed by atoms with Crippen LogP contribution in [0.1, 0.15) is 10.8 Å². The van der Waals surface area contributed by atoms with E-state index in [1.54, 1.807) is 42.5 Å². The standard InChI is InChI=1S/C29H24N2O5S/c32-27(18-34-23-9-5-2-6-10-23)30-21-11-14-24(15-12-21)37-28(20-7-3-1-4-8-20)29(33)31-22-13-16-25-26(17-22)36-19-35-25/h1-17,28H,18-19H2,(H,30,32)(H,31,33). The second-order valence-electron chi connectivity index (χ2n) is 8.14. The van der Waals surface area contributed by atoms with E-state index in [0.717, 1.165) is 10.5 Å². The Hall–Kier alpha value is -4.43. The van der Waals surface area contributed by atoms with E-state index in [2.05, 4.69) is 10.6 Å². The quantitative estimate of drug-likeness (QED) is 0.272. The van der Waals surface area contributed by atoms with Crippen LogP contribution in [0.5, 0.6) is 17.2 Å². The average molecular weight is 513 g/mol. The minimum Gasteiger partial charge on any atom is -0.484 e. The van der Waals surface area contributed by atoms with Gasteiger partial charge in [-0.2, -0.15) is 0 Å². The summed E-state index contributed by atoms with van der Waals surface area (Å²) >= 11 is 1.42. The second kappa shape index (κ2) is 11.5. The molecule has 186 valence electrons. The Kier molecular flexibility index (Phi) is 7.57. The van der Waals surface area contributed by atoms with E-state index < -0.39 is 5.25 Å². The van der Waals surface area contributed by atoms with Crippen LogP contribution in [0.3, 0.4) is 0 Å². The van der Waals surface area contributed by atoms with E-state index in [0.29, 0.717) is 28.6 Å². The van der Waals surface area contributed by atoms with E-state index in [1.165, 1.54) is 11.8 Å². The number of para-hydroxylation sites is 1. The summed E-state index contributed by atoms with van der Waals surface area (Å²) in [5, 5.41) is 5.32. The number of hydrogen-bond acceptors (Lipinski definition) is 6. The molecule has 1 atom stereocenters. The van der Waals surface area contributed by atoms with Crippen molar-refractivity contribution in [1.29, 1.82) is 0 Å². The van der Waals surface area contributed by atoms with Crippen molar-refractivity contribution < 1.29 is 23.8 Å². The molecule has 0 bridgehead atoms. The van der Waals surface area contributed by atoms with Crippen LogP contribution in [0.4, 0.5) is 11.4 Å². The molecule has 2 N–H and O–H groups in total. The molecule has 0 spiro atoms. The Labute approximate surface area is 218 Å². The first-order chi connectivity index (χ1) is 18.1. The molecule has 0 saturated heterocycles. The van der Waals surface area contributed by atoms with E-state index in [9.17, 15) is 9.59 Å². The predicted molar refractivity (Wildman–Crippen MR) is 143 cm³/mol. The third-order valence-corrected chi connectivity index (χ3v) is 6.75. The number of amides is 2. The zero-order valence-corrected chi connectivity index (χ0v) is 20.6. The summed E-state index contributed by atoms with van der Waals surface area (Å²) < 4.78 is 16.3. The first kappa shape index (κ1) is 24.3. The van der Waals surface area contributed by atoms with Crippen molar-refractivity contribution in [2.75, 3.05) is 24.0 Å². The van der Waals surface area contributed by atoms with Gasteiger partial charge in [0.2, 0.25) is 12.7 Å². The fourth-order valence-electron chi connectivity index (χ4n) is 3.70. The van der Waals surface area contributed by atoms with Gasteiger partial charge in [0.15, 0.2) is 18.1 Å². The third-order valence-electron chi connectivity index (χ3n) is 5.49. The number of hydrogen-bond donors (Lipinski definition) is 2. The Morgan fingerprint density at radius 2 is 1.46 bits per heavy atom. The van der Waals surface area contributed by atoms with Gasteiger partial charge in [0.1, 0.15) is 11.0 Å². The number of ether oxygens (including phenoxy) is 3. The van der Waals surface area contributed by atoms with Gasteiger partial charge in [-0.25, -0.2) is 0 Å². The van der Waals surface area contributed by atoms with Gasteiger partial charge in [0.05, 0.1) is 0 Å². The van der Waals surface area contributed by atoms with Crippen LogP contribution in [-0.2, 0) is 9.59 Å². The molecule has 5 rings (SSSR count). The lowest BCUT2D eigenvalue weighted by atomic mass is 10.1. The van der Waals surface area contributed by atoms with Crippen LogP contribution in [0.15, 0.2) is 108 Å². The third kappa shape index (κ3) is 6.42. The van der Waals surface area contributed by atoms with Crippen LogP contribution in [0.2, 0.25) is 0 Å². The minimum atomic E-state index is -0.494. The van der Waals surface area contributed by atoms with Crippen LogP contribution >= 0.6 is 11.8 Å². The minimum absolute atomic E-state index is 0.0867. The van der Waals surface area contributed by atoms with Gasteiger partial charge in [0, 0.05) is 22.3 Å². The summed E-state index contributed by atoms with van der Waals surface area (Å²) in [5.41, 5.74) is 2.15. The highest BCUT2D eigenvalue weighted by Crippen LogP contribution is 2.38. The summed E-state index contributed by atoms with van der Waals surface area (Å²) in [7, 11) is 0. The van der Waals surface area contributed by atoms with E-state index >= 15 is 0 Å². The number of carbonyl (C=O) groups is 2. The van der Waals surface area contributed by atoms with Crippen LogP contribution in [0.25, 0.3) is 0 Å². The molecule has 0 aliphatic carbocycles. The highest BCUT2D eigenvalue weighted by Gasteiger charge is 2.23. The normalized spacial score (nSPS) is 12.4. The van der Waals surface area contributed by atoms with Crippen molar-refractivity contribution in [3.8, 4) is 17.2 Å². The van der Waals surface area contributed by atoms with E-state index in [1.807, 2.05) is 60.7 Å². The molecule has 1 aliphatic heterocycles. The van der Waals surface area contributed by atoms with Crippen LogP contribution in [0, 0.1) is 0 Å². The molecular formula is C29H24N2O5S. The Morgan fingerprint density at radius 3 is 2.22 bits per heavy atom. The lowest BCUT2D eigenvalue weighted by Gasteiger charge is -2.17. The highest BCUT2D eigenvalue weighted by atomic mass is 32.2.